The van der Waals surface area contributed by atoms with Crippen LogP contribution in [0.3, 0.4) is 0 Å². The van der Waals surface area contributed by atoms with Crippen molar-refractivity contribution in [2.75, 3.05) is 18.9 Å². The van der Waals surface area contributed by atoms with Crippen LogP contribution in [-0.2, 0) is 22.8 Å². The van der Waals surface area contributed by atoms with E-state index in [9.17, 15) is 0 Å². The van der Waals surface area contributed by atoms with Crippen LogP contribution in [0.2, 0.25) is 0 Å². The summed E-state index contributed by atoms with van der Waals surface area (Å²) in [5.41, 5.74) is 9.69. The lowest BCUT2D eigenvalue weighted by Crippen LogP contribution is -2.08. The SMILES string of the molecule is Nc1nc2ccccc2c2c1ncn2COCCOCc1ccccc1. The Bertz CT molecular complexity index is 1010. The Labute approximate surface area is 151 Å². The lowest BCUT2D eigenvalue weighted by atomic mass is 10.2. The van der Waals surface area contributed by atoms with Gasteiger partial charge in [-0.1, -0.05) is 48.5 Å². The number of benzene rings is 2. The summed E-state index contributed by atoms with van der Waals surface area (Å²) in [6.45, 7) is 2.01. The molecule has 2 aromatic heterocycles. The van der Waals surface area contributed by atoms with Crippen LogP contribution in [0.5, 0.6) is 0 Å². The zero-order chi connectivity index (χ0) is 17.8. The van der Waals surface area contributed by atoms with E-state index in [0.717, 1.165) is 22.0 Å². The first-order chi connectivity index (χ1) is 12.8. The average Bonchev–Trinajstić information content (AvgIpc) is 3.10. The van der Waals surface area contributed by atoms with E-state index in [0.29, 0.717) is 37.9 Å². The minimum atomic E-state index is 0.388. The van der Waals surface area contributed by atoms with E-state index in [2.05, 4.69) is 9.97 Å². The van der Waals surface area contributed by atoms with Gasteiger partial charge in [0.15, 0.2) is 5.82 Å². The molecule has 4 aromatic rings. The van der Waals surface area contributed by atoms with Gasteiger partial charge in [-0.3, -0.25) is 0 Å². The van der Waals surface area contributed by atoms with Crippen molar-refractivity contribution in [1.29, 1.82) is 0 Å². The zero-order valence-corrected chi connectivity index (χ0v) is 14.3. The number of imidazole rings is 1. The van der Waals surface area contributed by atoms with E-state index < -0.39 is 0 Å². The number of rotatable bonds is 7. The van der Waals surface area contributed by atoms with Crippen LogP contribution < -0.4 is 5.73 Å². The highest BCUT2D eigenvalue weighted by atomic mass is 16.5. The minimum Gasteiger partial charge on any atom is -0.382 e. The van der Waals surface area contributed by atoms with Crippen LogP contribution >= 0.6 is 0 Å². The van der Waals surface area contributed by atoms with Crippen molar-refractivity contribution in [2.45, 2.75) is 13.3 Å². The van der Waals surface area contributed by atoms with Gasteiger partial charge in [-0.2, -0.15) is 0 Å². The highest BCUT2D eigenvalue weighted by Crippen LogP contribution is 2.26. The maximum absolute atomic E-state index is 6.04. The first kappa shape index (κ1) is 16.5. The van der Waals surface area contributed by atoms with Crippen LogP contribution in [0.25, 0.3) is 21.9 Å². The molecule has 0 saturated carbocycles. The molecule has 0 radical (unpaired) electrons. The summed E-state index contributed by atoms with van der Waals surface area (Å²) in [7, 11) is 0. The minimum absolute atomic E-state index is 0.388. The highest BCUT2D eigenvalue weighted by Gasteiger charge is 2.11. The Balaban J connectivity index is 1.39. The molecule has 132 valence electrons. The number of pyridine rings is 1. The van der Waals surface area contributed by atoms with Crippen molar-refractivity contribution in [3.63, 3.8) is 0 Å². The molecule has 0 saturated heterocycles. The topological polar surface area (TPSA) is 75.2 Å². The molecular weight excluding hydrogens is 328 g/mol. The molecule has 6 heteroatoms. The Kier molecular flexibility index (Phi) is 4.77. The van der Waals surface area contributed by atoms with Gasteiger partial charge in [0.2, 0.25) is 0 Å². The summed E-state index contributed by atoms with van der Waals surface area (Å²) in [5.74, 6) is 0.434. The van der Waals surface area contributed by atoms with Gasteiger partial charge in [0.25, 0.3) is 0 Å². The Morgan fingerprint density at radius 3 is 2.58 bits per heavy atom. The second kappa shape index (κ2) is 7.51. The van der Waals surface area contributed by atoms with E-state index in [1.54, 1.807) is 6.33 Å². The zero-order valence-electron chi connectivity index (χ0n) is 14.3. The summed E-state index contributed by atoms with van der Waals surface area (Å²) >= 11 is 0. The smallest absolute Gasteiger partial charge is 0.152 e. The molecular formula is C20H20N4O2. The van der Waals surface area contributed by atoms with Gasteiger partial charge in [0, 0.05) is 5.39 Å². The van der Waals surface area contributed by atoms with Crippen LogP contribution in [0, 0.1) is 0 Å². The maximum atomic E-state index is 6.04. The van der Waals surface area contributed by atoms with Crippen molar-refractivity contribution in [3.05, 3.63) is 66.5 Å². The maximum Gasteiger partial charge on any atom is 0.152 e. The highest BCUT2D eigenvalue weighted by molar-refractivity contribution is 6.06. The summed E-state index contributed by atoms with van der Waals surface area (Å²) < 4.78 is 13.3. The number of anilines is 1. The van der Waals surface area contributed by atoms with Crippen LogP contribution in [0.15, 0.2) is 60.9 Å². The molecule has 2 heterocycles. The molecule has 0 aliphatic rings. The van der Waals surface area contributed by atoms with Gasteiger partial charge >= 0.3 is 0 Å². The molecule has 2 N–H and O–H groups in total. The second-order valence-corrected chi connectivity index (χ2v) is 6.00. The normalized spacial score (nSPS) is 11.4. The number of fused-ring (bicyclic) bond motifs is 3. The molecule has 2 aromatic carbocycles. The Hall–Kier alpha value is -2.96. The van der Waals surface area contributed by atoms with Gasteiger partial charge in [-0.15, -0.1) is 0 Å². The fourth-order valence-corrected chi connectivity index (χ4v) is 2.95. The van der Waals surface area contributed by atoms with Crippen LogP contribution in [0.4, 0.5) is 5.82 Å². The lowest BCUT2D eigenvalue weighted by Gasteiger charge is -2.09. The standard InChI is InChI=1S/C20H20N4O2/c21-20-18-19(16-8-4-5-9-17(16)23-20)24(13-22-18)14-26-11-10-25-12-15-6-2-1-3-7-15/h1-9,13H,10-12,14H2,(H2,21,23). The largest absolute Gasteiger partial charge is 0.382 e. The monoisotopic (exact) mass is 348 g/mol. The fraction of sp³-hybridized carbons (Fsp3) is 0.200. The van der Waals surface area contributed by atoms with Gasteiger partial charge in [0.1, 0.15) is 12.2 Å². The Morgan fingerprint density at radius 1 is 0.923 bits per heavy atom. The van der Waals surface area contributed by atoms with E-state index >= 15 is 0 Å². The number of nitrogens with zero attached hydrogens (tertiary/aromatic N) is 3. The van der Waals surface area contributed by atoms with Crippen molar-refractivity contribution in [1.82, 2.24) is 14.5 Å². The third kappa shape index (κ3) is 3.37. The first-order valence-corrected chi connectivity index (χ1v) is 8.51. The molecule has 6 nitrogen and oxygen atoms in total. The Morgan fingerprint density at radius 2 is 1.69 bits per heavy atom. The predicted molar refractivity (Wildman–Crippen MR) is 101 cm³/mol. The third-order valence-electron chi connectivity index (χ3n) is 4.19. The van der Waals surface area contributed by atoms with E-state index in [4.69, 9.17) is 15.2 Å². The number of ether oxygens (including phenoxy) is 2. The quantitative estimate of drug-likeness (QED) is 0.518. The fourth-order valence-electron chi connectivity index (χ4n) is 2.95. The number of para-hydroxylation sites is 1. The number of nitrogens with two attached hydrogens (primary N) is 1. The molecule has 4 rings (SSSR count). The molecule has 0 fully saturated rings. The molecule has 0 atom stereocenters. The summed E-state index contributed by atoms with van der Waals surface area (Å²) in [5, 5.41) is 1.01. The van der Waals surface area contributed by atoms with Crippen molar-refractivity contribution in [3.8, 4) is 0 Å². The third-order valence-corrected chi connectivity index (χ3v) is 4.19. The van der Waals surface area contributed by atoms with Crippen molar-refractivity contribution in [2.24, 2.45) is 0 Å². The number of aromatic nitrogens is 3. The van der Waals surface area contributed by atoms with Gasteiger partial charge in [-0.25, -0.2) is 9.97 Å². The molecule has 0 spiro atoms. The number of hydrogen-bond donors (Lipinski definition) is 1. The van der Waals surface area contributed by atoms with Crippen LogP contribution in [-0.4, -0.2) is 27.7 Å². The predicted octanol–water partition coefficient (Wildman–Crippen LogP) is 3.36. The second-order valence-electron chi connectivity index (χ2n) is 6.00. The van der Waals surface area contributed by atoms with E-state index in [1.165, 1.54) is 0 Å². The molecule has 0 bridgehead atoms. The van der Waals surface area contributed by atoms with Crippen molar-refractivity contribution >= 4 is 27.8 Å². The van der Waals surface area contributed by atoms with Gasteiger partial charge in [0.05, 0.1) is 37.2 Å². The van der Waals surface area contributed by atoms with E-state index in [1.807, 2.05) is 59.2 Å². The number of hydrogen-bond acceptors (Lipinski definition) is 5. The average molecular weight is 348 g/mol. The lowest BCUT2D eigenvalue weighted by molar-refractivity contribution is 0.0149. The van der Waals surface area contributed by atoms with Gasteiger partial charge in [-0.05, 0) is 11.6 Å². The summed E-state index contributed by atoms with van der Waals surface area (Å²) in [6, 6.07) is 18.0. The molecule has 0 aliphatic carbocycles. The summed E-state index contributed by atoms with van der Waals surface area (Å²) in [4.78, 5) is 8.80. The van der Waals surface area contributed by atoms with Gasteiger partial charge < -0.3 is 19.8 Å². The first-order valence-electron chi connectivity index (χ1n) is 8.51. The van der Waals surface area contributed by atoms with Crippen molar-refractivity contribution < 1.29 is 9.47 Å². The molecule has 0 aliphatic heterocycles. The molecule has 26 heavy (non-hydrogen) atoms. The number of nitrogen functional groups attached to an aromatic ring is 1. The summed E-state index contributed by atoms with van der Waals surface area (Å²) in [6.07, 6.45) is 1.74. The van der Waals surface area contributed by atoms with Crippen LogP contribution in [0.1, 0.15) is 5.56 Å². The molecule has 0 unspecified atom stereocenters. The van der Waals surface area contributed by atoms with E-state index in [-0.39, 0.29) is 0 Å². The molecule has 0 amide bonds.